The van der Waals surface area contributed by atoms with Gasteiger partial charge in [0, 0.05) is 0 Å². The molecule has 1 heterocycles. The third-order valence-electron chi connectivity index (χ3n) is 1.16. The van der Waals surface area contributed by atoms with Crippen molar-refractivity contribution in [2.24, 2.45) is 5.73 Å². The molecule has 0 aromatic heterocycles. The fraction of sp³-hybridized carbons (Fsp3) is 1.00. The fourth-order valence-corrected chi connectivity index (χ4v) is 0.685. The molecule has 1 fully saturated rings. The average Bonchev–Trinajstić information content (AvgIpc) is 1.90. The Balaban J connectivity index is 2.18. The monoisotopic (exact) mass is 132 g/mol. The third-order valence-corrected chi connectivity index (χ3v) is 1.16. The minimum atomic E-state index is -0.259. The standard InChI is InChI=1S/C5H12N2O2/c1-7-5-8-2-4(6)3-9-5/h4-5,7H,2-3,6H2,1H3. The van der Waals surface area contributed by atoms with Crippen molar-refractivity contribution in [1.29, 1.82) is 0 Å². The molecule has 0 aromatic carbocycles. The lowest BCUT2D eigenvalue weighted by Crippen LogP contribution is -2.45. The molecule has 1 saturated heterocycles. The van der Waals surface area contributed by atoms with E-state index in [4.69, 9.17) is 15.2 Å². The third kappa shape index (κ3) is 1.91. The zero-order chi connectivity index (χ0) is 6.69. The summed E-state index contributed by atoms with van der Waals surface area (Å²) in [5.74, 6) is 0. The van der Waals surface area contributed by atoms with E-state index in [0.717, 1.165) is 0 Å². The Hall–Kier alpha value is -0.160. The van der Waals surface area contributed by atoms with Gasteiger partial charge in [-0.3, -0.25) is 5.32 Å². The number of hydrogen-bond donors (Lipinski definition) is 2. The van der Waals surface area contributed by atoms with E-state index in [0.29, 0.717) is 13.2 Å². The maximum absolute atomic E-state index is 5.47. The first-order chi connectivity index (χ1) is 4.33. The first kappa shape index (κ1) is 6.95. The zero-order valence-corrected chi connectivity index (χ0v) is 5.46. The first-order valence-electron chi connectivity index (χ1n) is 2.99. The summed E-state index contributed by atoms with van der Waals surface area (Å²) in [5.41, 5.74) is 5.47. The van der Waals surface area contributed by atoms with E-state index in [2.05, 4.69) is 5.32 Å². The molecular formula is C5H12N2O2. The molecule has 0 spiro atoms. The maximum atomic E-state index is 5.47. The van der Waals surface area contributed by atoms with Crippen LogP contribution in [0.4, 0.5) is 0 Å². The van der Waals surface area contributed by atoms with Crippen molar-refractivity contribution >= 4 is 0 Å². The Bertz CT molecular complexity index is 81.0. The van der Waals surface area contributed by atoms with Crippen LogP contribution in [0.1, 0.15) is 0 Å². The largest absolute Gasteiger partial charge is 0.338 e. The van der Waals surface area contributed by atoms with Crippen LogP contribution < -0.4 is 11.1 Å². The van der Waals surface area contributed by atoms with Crippen LogP contribution in [0.3, 0.4) is 0 Å². The molecule has 4 nitrogen and oxygen atoms in total. The van der Waals surface area contributed by atoms with Crippen LogP contribution in [0.2, 0.25) is 0 Å². The van der Waals surface area contributed by atoms with Crippen molar-refractivity contribution in [2.45, 2.75) is 12.5 Å². The molecule has 9 heavy (non-hydrogen) atoms. The van der Waals surface area contributed by atoms with Gasteiger partial charge in [0.1, 0.15) is 0 Å². The summed E-state index contributed by atoms with van der Waals surface area (Å²) in [6.07, 6.45) is -0.259. The van der Waals surface area contributed by atoms with E-state index in [9.17, 15) is 0 Å². The van der Waals surface area contributed by atoms with E-state index >= 15 is 0 Å². The molecule has 0 unspecified atom stereocenters. The van der Waals surface area contributed by atoms with Gasteiger partial charge in [0.25, 0.3) is 0 Å². The Labute approximate surface area is 54.3 Å². The molecule has 1 aliphatic heterocycles. The fourth-order valence-electron chi connectivity index (χ4n) is 0.685. The molecule has 1 aliphatic rings. The lowest BCUT2D eigenvalue weighted by molar-refractivity contribution is -0.198. The van der Waals surface area contributed by atoms with Crippen molar-refractivity contribution in [2.75, 3.05) is 20.3 Å². The van der Waals surface area contributed by atoms with E-state index in [1.54, 1.807) is 7.05 Å². The quantitative estimate of drug-likeness (QED) is 0.473. The number of ether oxygens (including phenoxy) is 2. The van der Waals surface area contributed by atoms with Crippen molar-refractivity contribution in [1.82, 2.24) is 5.32 Å². The van der Waals surface area contributed by atoms with Gasteiger partial charge in [-0.05, 0) is 7.05 Å². The number of rotatable bonds is 1. The van der Waals surface area contributed by atoms with Crippen LogP contribution in [0.5, 0.6) is 0 Å². The summed E-state index contributed by atoms with van der Waals surface area (Å²) in [4.78, 5) is 0. The summed E-state index contributed by atoms with van der Waals surface area (Å²) in [7, 11) is 1.78. The molecule has 0 aromatic rings. The van der Waals surface area contributed by atoms with E-state index in [1.165, 1.54) is 0 Å². The van der Waals surface area contributed by atoms with Gasteiger partial charge < -0.3 is 15.2 Å². The predicted molar refractivity (Wildman–Crippen MR) is 32.7 cm³/mol. The molecule has 0 bridgehead atoms. The lowest BCUT2D eigenvalue weighted by atomic mass is 10.3. The average molecular weight is 132 g/mol. The Morgan fingerprint density at radius 3 is 2.44 bits per heavy atom. The van der Waals surface area contributed by atoms with Gasteiger partial charge in [0.15, 0.2) is 0 Å². The van der Waals surface area contributed by atoms with Crippen LogP contribution in [-0.2, 0) is 9.47 Å². The van der Waals surface area contributed by atoms with Gasteiger partial charge in [0.05, 0.1) is 19.3 Å². The highest BCUT2D eigenvalue weighted by Gasteiger charge is 2.16. The Morgan fingerprint density at radius 2 is 2.00 bits per heavy atom. The maximum Gasteiger partial charge on any atom is 0.215 e. The van der Waals surface area contributed by atoms with Crippen molar-refractivity contribution < 1.29 is 9.47 Å². The molecule has 0 aliphatic carbocycles. The first-order valence-corrected chi connectivity index (χ1v) is 2.99. The summed E-state index contributed by atoms with van der Waals surface area (Å²) >= 11 is 0. The Morgan fingerprint density at radius 1 is 1.44 bits per heavy atom. The van der Waals surface area contributed by atoms with Crippen LogP contribution in [0.15, 0.2) is 0 Å². The van der Waals surface area contributed by atoms with Crippen molar-refractivity contribution in [3.05, 3.63) is 0 Å². The highest BCUT2D eigenvalue weighted by molar-refractivity contribution is 4.62. The molecule has 0 radical (unpaired) electrons. The normalized spacial score (nSPS) is 36.7. The second kappa shape index (κ2) is 3.12. The van der Waals surface area contributed by atoms with E-state index in [-0.39, 0.29) is 12.5 Å². The van der Waals surface area contributed by atoms with Gasteiger partial charge >= 0.3 is 0 Å². The van der Waals surface area contributed by atoms with Crippen LogP contribution in [0, 0.1) is 0 Å². The molecule has 0 saturated carbocycles. The summed E-state index contributed by atoms with van der Waals surface area (Å²) < 4.78 is 10.2. The second-order valence-corrected chi connectivity index (χ2v) is 2.05. The topological polar surface area (TPSA) is 56.5 Å². The minimum Gasteiger partial charge on any atom is -0.338 e. The highest BCUT2D eigenvalue weighted by Crippen LogP contribution is 1.99. The number of hydrogen-bond acceptors (Lipinski definition) is 4. The molecule has 4 heteroatoms. The number of nitrogens with one attached hydrogen (secondary N) is 1. The van der Waals surface area contributed by atoms with Crippen LogP contribution in [-0.4, -0.2) is 32.7 Å². The van der Waals surface area contributed by atoms with Crippen molar-refractivity contribution in [3.63, 3.8) is 0 Å². The summed E-state index contributed by atoms with van der Waals surface area (Å²) in [6.45, 7) is 1.15. The minimum absolute atomic E-state index is 0.0367. The summed E-state index contributed by atoms with van der Waals surface area (Å²) in [6, 6.07) is 0.0367. The predicted octanol–water partition coefficient (Wildman–Crippen LogP) is -1.14. The summed E-state index contributed by atoms with van der Waals surface area (Å²) in [5, 5.41) is 2.82. The molecule has 0 atom stereocenters. The molecule has 54 valence electrons. The molecule has 0 amide bonds. The molecule has 3 N–H and O–H groups in total. The molecule has 1 rings (SSSR count). The van der Waals surface area contributed by atoms with E-state index in [1.807, 2.05) is 0 Å². The highest BCUT2D eigenvalue weighted by atomic mass is 16.7. The van der Waals surface area contributed by atoms with Crippen molar-refractivity contribution in [3.8, 4) is 0 Å². The van der Waals surface area contributed by atoms with Gasteiger partial charge in [-0.2, -0.15) is 0 Å². The van der Waals surface area contributed by atoms with E-state index < -0.39 is 0 Å². The number of nitrogens with two attached hydrogens (primary N) is 1. The lowest BCUT2D eigenvalue weighted by Gasteiger charge is -2.26. The Kier molecular flexibility index (Phi) is 2.41. The SMILES string of the molecule is CNC1OCC(N)CO1. The van der Waals surface area contributed by atoms with Gasteiger partial charge in [-0.1, -0.05) is 0 Å². The second-order valence-electron chi connectivity index (χ2n) is 2.05. The van der Waals surface area contributed by atoms with Gasteiger partial charge in [-0.25, -0.2) is 0 Å². The zero-order valence-electron chi connectivity index (χ0n) is 5.46. The molecular weight excluding hydrogens is 120 g/mol. The smallest absolute Gasteiger partial charge is 0.215 e. The van der Waals surface area contributed by atoms with Crippen LogP contribution >= 0.6 is 0 Å². The van der Waals surface area contributed by atoms with Gasteiger partial charge in [0.2, 0.25) is 6.41 Å². The van der Waals surface area contributed by atoms with Crippen LogP contribution in [0.25, 0.3) is 0 Å². The van der Waals surface area contributed by atoms with Gasteiger partial charge in [-0.15, -0.1) is 0 Å².